The Morgan fingerprint density at radius 1 is 1.14 bits per heavy atom. The minimum absolute atomic E-state index is 0.112. The van der Waals surface area contributed by atoms with Crippen molar-refractivity contribution in [2.24, 2.45) is 5.92 Å². The van der Waals surface area contributed by atoms with Crippen molar-refractivity contribution in [1.82, 2.24) is 15.3 Å². The van der Waals surface area contributed by atoms with E-state index in [-0.39, 0.29) is 11.8 Å². The number of hydrogen-bond acceptors (Lipinski definition) is 5. The summed E-state index contributed by atoms with van der Waals surface area (Å²) in [6, 6.07) is 1.91. The van der Waals surface area contributed by atoms with Gasteiger partial charge in [0, 0.05) is 37.3 Å². The predicted octanol–water partition coefficient (Wildman–Crippen LogP) is 2.18. The van der Waals surface area contributed by atoms with Crippen LogP contribution in [0.15, 0.2) is 6.07 Å². The Bertz CT molecular complexity index is 446. The smallest absolute Gasteiger partial charge is 0.224 e. The maximum atomic E-state index is 11.8. The molecule has 21 heavy (non-hydrogen) atoms. The monoisotopic (exact) mass is 293 g/mol. The SMILES string of the molecule is CCNc1cc(C)nc(NCCNC(=O)C(CC)CC)n1. The molecule has 1 aromatic heterocycles. The molecule has 0 aliphatic rings. The lowest BCUT2D eigenvalue weighted by atomic mass is 10.0. The minimum atomic E-state index is 0.112. The summed E-state index contributed by atoms with van der Waals surface area (Å²) in [5.41, 5.74) is 0.907. The lowest BCUT2D eigenvalue weighted by Crippen LogP contribution is -2.33. The van der Waals surface area contributed by atoms with E-state index in [0.717, 1.165) is 30.9 Å². The van der Waals surface area contributed by atoms with Gasteiger partial charge in [-0.15, -0.1) is 0 Å². The highest BCUT2D eigenvalue weighted by molar-refractivity contribution is 5.78. The van der Waals surface area contributed by atoms with Crippen molar-refractivity contribution < 1.29 is 4.79 Å². The molecule has 0 aliphatic heterocycles. The van der Waals surface area contributed by atoms with Gasteiger partial charge >= 0.3 is 0 Å². The summed E-state index contributed by atoms with van der Waals surface area (Å²) in [4.78, 5) is 20.5. The van der Waals surface area contributed by atoms with Crippen LogP contribution in [0.25, 0.3) is 0 Å². The highest BCUT2D eigenvalue weighted by Gasteiger charge is 2.12. The second kappa shape index (κ2) is 9.15. The fourth-order valence-electron chi connectivity index (χ4n) is 2.08. The molecule has 0 aliphatic carbocycles. The quantitative estimate of drug-likeness (QED) is 0.608. The third-order valence-corrected chi connectivity index (χ3v) is 3.28. The van der Waals surface area contributed by atoms with Crippen LogP contribution < -0.4 is 16.0 Å². The van der Waals surface area contributed by atoms with Crippen molar-refractivity contribution in [3.05, 3.63) is 11.8 Å². The first-order valence-corrected chi connectivity index (χ1v) is 7.71. The molecule has 3 N–H and O–H groups in total. The van der Waals surface area contributed by atoms with Gasteiger partial charge in [-0.3, -0.25) is 4.79 Å². The third kappa shape index (κ3) is 5.97. The molecule has 6 nitrogen and oxygen atoms in total. The summed E-state index contributed by atoms with van der Waals surface area (Å²) < 4.78 is 0. The van der Waals surface area contributed by atoms with Crippen LogP contribution in [0.4, 0.5) is 11.8 Å². The molecule has 0 radical (unpaired) electrons. The molecule has 6 heteroatoms. The molecule has 0 saturated heterocycles. The van der Waals surface area contributed by atoms with Gasteiger partial charge in [-0.1, -0.05) is 13.8 Å². The van der Waals surface area contributed by atoms with E-state index >= 15 is 0 Å². The van der Waals surface area contributed by atoms with Crippen LogP contribution in [0.2, 0.25) is 0 Å². The summed E-state index contributed by atoms with van der Waals surface area (Å²) in [7, 11) is 0. The number of aryl methyl sites for hydroxylation is 1. The van der Waals surface area contributed by atoms with Gasteiger partial charge in [0.15, 0.2) is 0 Å². The van der Waals surface area contributed by atoms with Gasteiger partial charge in [-0.2, -0.15) is 4.98 Å². The van der Waals surface area contributed by atoms with Gasteiger partial charge in [0.2, 0.25) is 11.9 Å². The first-order chi connectivity index (χ1) is 10.1. The van der Waals surface area contributed by atoms with Gasteiger partial charge in [0.1, 0.15) is 5.82 Å². The van der Waals surface area contributed by atoms with Gasteiger partial charge in [0.25, 0.3) is 0 Å². The van der Waals surface area contributed by atoms with Gasteiger partial charge in [0.05, 0.1) is 0 Å². The Kier molecular flexibility index (Phi) is 7.50. The van der Waals surface area contributed by atoms with E-state index in [1.54, 1.807) is 0 Å². The van der Waals surface area contributed by atoms with Crippen molar-refractivity contribution in [2.45, 2.75) is 40.5 Å². The molecule has 1 heterocycles. The topological polar surface area (TPSA) is 78.9 Å². The van der Waals surface area contributed by atoms with Gasteiger partial charge in [-0.05, 0) is 26.7 Å². The molecule has 1 aromatic rings. The normalized spacial score (nSPS) is 10.5. The van der Waals surface area contributed by atoms with E-state index in [9.17, 15) is 4.79 Å². The summed E-state index contributed by atoms with van der Waals surface area (Å²) in [5.74, 6) is 1.64. The lowest BCUT2D eigenvalue weighted by Gasteiger charge is -2.13. The van der Waals surface area contributed by atoms with Crippen LogP contribution in [-0.4, -0.2) is 35.5 Å². The number of carbonyl (C=O) groups excluding carboxylic acids is 1. The van der Waals surface area contributed by atoms with Crippen LogP contribution >= 0.6 is 0 Å². The largest absolute Gasteiger partial charge is 0.370 e. The Balaban J connectivity index is 2.40. The number of aromatic nitrogens is 2. The fraction of sp³-hybridized carbons (Fsp3) is 0.667. The molecular weight excluding hydrogens is 266 g/mol. The Hall–Kier alpha value is -1.85. The Morgan fingerprint density at radius 2 is 1.86 bits per heavy atom. The van der Waals surface area contributed by atoms with E-state index in [1.807, 2.05) is 33.8 Å². The van der Waals surface area contributed by atoms with Gasteiger partial charge in [-0.25, -0.2) is 4.98 Å². The van der Waals surface area contributed by atoms with E-state index < -0.39 is 0 Å². The van der Waals surface area contributed by atoms with Crippen molar-refractivity contribution in [2.75, 3.05) is 30.3 Å². The number of hydrogen-bond donors (Lipinski definition) is 3. The van der Waals surface area contributed by atoms with E-state index in [0.29, 0.717) is 19.0 Å². The van der Waals surface area contributed by atoms with Crippen molar-refractivity contribution in [3.63, 3.8) is 0 Å². The number of amides is 1. The maximum Gasteiger partial charge on any atom is 0.224 e. The van der Waals surface area contributed by atoms with Crippen molar-refractivity contribution in [3.8, 4) is 0 Å². The van der Waals surface area contributed by atoms with Gasteiger partial charge < -0.3 is 16.0 Å². The molecule has 0 unspecified atom stereocenters. The average Bonchev–Trinajstić information content (AvgIpc) is 2.45. The van der Waals surface area contributed by atoms with E-state index in [2.05, 4.69) is 25.9 Å². The molecule has 0 saturated carbocycles. The second-order valence-corrected chi connectivity index (χ2v) is 4.98. The zero-order chi connectivity index (χ0) is 15.7. The standard InChI is InChI=1S/C15H27N5O/c1-5-12(6-2)14(21)17-8-9-18-15-19-11(4)10-13(20-15)16-7-3/h10,12H,5-9H2,1-4H3,(H,17,21)(H2,16,18,19,20). The molecule has 118 valence electrons. The number of rotatable bonds is 9. The summed E-state index contributed by atoms with van der Waals surface area (Å²) in [5, 5.41) is 9.24. The molecule has 1 amide bonds. The molecule has 0 atom stereocenters. The molecule has 0 aromatic carbocycles. The van der Waals surface area contributed by atoms with E-state index in [1.165, 1.54) is 0 Å². The Morgan fingerprint density at radius 3 is 2.48 bits per heavy atom. The number of anilines is 2. The predicted molar refractivity (Wildman–Crippen MR) is 86.5 cm³/mol. The molecule has 0 bridgehead atoms. The van der Waals surface area contributed by atoms with Crippen molar-refractivity contribution in [1.29, 1.82) is 0 Å². The molecule has 0 spiro atoms. The summed E-state index contributed by atoms with van der Waals surface area (Å²) in [6.07, 6.45) is 1.76. The number of nitrogens with zero attached hydrogens (tertiary/aromatic N) is 2. The van der Waals surface area contributed by atoms with Crippen molar-refractivity contribution >= 4 is 17.7 Å². The van der Waals surface area contributed by atoms with E-state index in [4.69, 9.17) is 0 Å². The van der Waals surface area contributed by atoms with Crippen LogP contribution in [0.1, 0.15) is 39.3 Å². The zero-order valence-corrected chi connectivity index (χ0v) is 13.5. The first-order valence-electron chi connectivity index (χ1n) is 7.71. The third-order valence-electron chi connectivity index (χ3n) is 3.28. The second-order valence-electron chi connectivity index (χ2n) is 4.98. The van der Waals surface area contributed by atoms with Crippen LogP contribution in [0, 0.1) is 12.8 Å². The Labute approximate surface area is 127 Å². The van der Waals surface area contributed by atoms with Crippen LogP contribution in [0.5, 0.6) is 0 Å². The van der Waals surface area contributed by atoms with Crippen LogP contribution in [0.3, 0.4) is 0 Å². The first kappa shape index (κ1) is 17.2. The lowest BCUT2D eigenvalue weighted by molar-refractivity contribution is -0.125. The summed E-state index contributed by atoms with van der Waals surface area (Å²) in [6.45, 7) is 10.0. The van der Waals surface area contributed by atoms with Crippen LogP contribution in [-0.2, 0) is 4.79 Å². The highest BCUT2D eigenvalue weighted by Crippen LogP contribution is 2.09. The highest BCUT2D eigenvalue weighted by atomic mass is 16.1. The average molecular weight is 293 g/mol. The molecule has 1 rings (SSSR count). The summed E-state index contributed by atoms with van der Waals surface area (Å²) >= 11 is 0. The fourth-order valence-corrected chi connectivity index (χ4v) is 2.08. The minimum Gasteiger partial charge on any atom is -0.370 e. The number of nitrogens with one attached hydrogen (secondary N) is 3. The zero-order valence-electron chi connectivity index (χ0n) is 13.5. The maximum absolute atomic E-state index is 11.8. The molecule has 0 fully saturated rings. The number of carbonyl (C=O) groups is 1. The molecular formula is C15H27N5O.